The predicted octanol–water partition coefficient (Wildman–Crippen LogP) is -0.00250. The van der Waals surface area contributed by atoms with Gasteiger partial charge in [-0.25, -0.2) is 0 Å². The largest absolute Gasteiger partial charge is 0 e. The van der Waals surface area contributed by atoms with E-state index >= 15 is 0 Å². The molecule has 4 heavy (non-hydrogen) atoms. The number of rotatable bonds is 0. The first-order valence-corrected chi connectivity index (χ1v) is 0. The third-order valence-electron chi connectivity index (χ3n) is 0. The van der Waals surface area contributed by atoms with Crippen molar-refractivity contribution in [1.29, 1.82) is 0 Å². The van der Waals surface area contributed by atoms with Crippen LogP contribution in [-0.2, 0) is 16.8 Å². The smallest absolute Gasteiger partial charge is 0 e. The minimum absolute atomic E-state index is 0. The molecule has 0 aliphatic carbocycles. The Balaban J connectivity index is 0. The Morgan fingerprint density at radius 3 is 0.500 bits per heavy atom. The summed E-state index contributed by atoms with van der Waals surface area (Å²) in [6.45, 7) is 0. The molecule has 0 unspecified atom stereocenters. The van der Waals surface area contributed by atoms with Gasteiger partial charge in [0.15, 0.2) is 0 Å². The molecular weight excluding hydrogens is 476 g/mol. The van der Waals surface area contributed by atoms with Gasteiger partial charge >= 0.3 is 0 Å². The number of hydrogen-bond donors (Lipinski definition) is 0. The van der Waals surface area contributed by atoms with Crippen molar-refractivity contribution >= 4 is 0 Å². The molecule has 0 rings (SSSR count). The van der Waals surface area contributed by atoms with Crippen LogP contribution in [0.3, 0.4) is 0 Å². The average Bonchev–Trinajstić information content (AvgIpc) is 0. The van der Waals surface area contributed by atoms with Crippen molar-refractivity contribution in [3.8, 4) is 0 Å². The van der Waals surface area contributed by atoms with Crippen molar-refractivity contribution in [1.82, 2.24) is 0 Å². The van der Waals surface area contributed by atoms with E-state index in [2.05, 4.69) is 0 Å². The van der Waals surface area contributed by atoms with Crippen molar-refractivity contribution in [3.63, 3.8) is 0 Å². The fraction of sp³-hybridized carbons (Fsp3) is 0. The maximum Gasteiger partial charge on any atom is 0 e. The predicted molar refractivity (Wildman–Crippen MR) is 0 cm³/mol. The summed E-state index contributed by atoms with van der Waals surface area (Å²) in [5, 5.41) is 0. The summed E-state index contributed by atoms with van der Waals surface area (Å²) < 4.78 is 0. The molecule has 0 aliphatic rings. The SMILES string of the molecule is [Co].[La].[La].[La]. The van der Waals surface area contributed by atoms with Crippen LogP contribution in [0.1, 0.15) is 0 Å². The summed E-state index contributed by atoms with van der Waals surface area (Å²) in [4.78, 5) is 0. The van der Waals surface area contributed by atoms with Gasteiger partial charge in [-0.1, -0.05) is 0 Å². The van der Waals surface area contributed by atoms with Gasteiger partial charge in [-0.2, -0.15) is 0 Å². The van der Waals surface area contributed by atoms with Crippen LogP contribution in [0, 0.1) is 107 Å². The van der Waals surface area contributed by atoms with Crippen molar-refractivity contribution < 1.29 is 124 Å². The van der Waals surface area contributed by atoms with E-state index in [9.17, 15) is 0 Å². The molecule has 0 nitrogen and oxygen atoms in total. The molecule has 0 fully saturated rings. The second-order valence-corrected chi connectivity index (χ2v) is 0. The fourth-order valence-electron chi connectivity index (χ4n) is 0. The standard InChI is InChI=1S/Co.3La. The van der Waals surface area contributed by atoms with Gasteiger partial charge in [0, 0.05) is 124 Å². The Morgan fingerprint density at radius 2 is 0.500 bits per heavy atom. The van der Waals surface area contributed by atoms with Crippen molar-refractivity contribution in [2.75, 3.05) is 0 Å². The monoisotopic (exact) mass is 476 g/mol. The van der Waals surface area contributed by atoms with E-state index in [1.807, 2.05) is 0 Å². The van der Waals surface area contributed by atoms with Gasteiger partial charge in [0.1, 0.15) is 0 Å². The minimum Gasteiger partial charge on any atom is 0 e. The maximum absolute atomic E-state index is 0. The van der Waals surface area contributed by atoms with Gasteiger partial charge in [0.05, 0.1) is 0 Å². The van der Waals surface area contributed by atoms with E-state index < -0.39 is 0 Å². The first-order valence-electron chi connectivity index (χ1n) is 0. The zero-order valence-electron chi connectivity index (χ0n) is 2.07. The quantitative estimate of drug-likeness (QED) is 0.463. The Labute approximate surface area is 120 Å². The molecule has 4 radical (unpaired) electrons. The van der Waals surface area contributed by atoms with E-state index in [0.29, 0.717) is 0 Å². The summed E-state index contributed by atoms with van der Waals surface area (Å²) in [6, 6.07) is 0. The summed E-state index contributed by atoms with van der Waals surface area (Å²) in [5.74, 6) is 0. The van der Waals surface area contributed by atoms with Gasteiger partial charge in [-0.15, -0.1) is 0 Å². The maximum atomic E-state index is 0. The summed E-state index contributed by atoms with van der Waals surface area (Å²) in [5.41, 5.74) is 0. The van der Waals surface area contributed by atoms with Crippen LogP contribution in [0.25, 0.3) is 0 Å². The van der Waals surface area contributed by atoms with Crippen LogP contribution >= 0.6 is 0 Å². The molecule has 18 valence electrons. The Bertz CT molecular complexity index is 3.25. The Hall–Kier alpha value is 4.09. The van der Waals surface area contributed by atoms with Crippen LogP contribution in [0.4, 0.5) is 0 Å². The average molecular weight is 476 g/mol. The van der Waals surface area contributed by atoms with Crippen molar-refractivity contribution in [2.24, 2.45) is 0 Å². The van der Waals surface area contributed by atoms with Gasteiger partial charge < -0.3 is 0 Å². The second kappa shape index (κ2) is 15.7. The van der Waals surface area contributed by atoms with Crippen molar-refractivity contribution in [2.45, 2.75) is 0 Å². The van der Waals surface area contributed by atoms with Crippen LogP contribution in [0.15, 0.2) is 0 Å². The molecule has 0 saturated carbocycles. The molecule has 0 N–H and O–H groups in total. The first kappa shape index (κ1) is 24.3. The van der Waals surface area contributed by atoms with Crippen LogP contribution < -0.4 is 0 Å². The molecule has 0 bridgehead atoms. The normalized spacial score (nSPS) is 0. The first-order chi connectivity index (χ1) is 0. The molecule has 0 atom stereocenters. The van der Waals surface area contributed by atoms with Crippen LogP contribution in [0.5, 0.6) is 0 Å². The molecular formula is CoLa3. The zero-order valence-corrected chi connectivity index (χ0v) is 14.0. The van der Waals surface area contributed by atoms with Crippen LogP contribution in [0.2, 0.25) is 0 Å². The van der Waals surface area contributed by atoms with Gasteiger partial charge in [0.25, 0.3) is 0 Å². The van der Waals surface area contributed by atoms with Gasteiger partial charge in [0.2, 0.25) is 0 Å². The molecule has 0 aromatic rings. The molecule has 0 heterocycles. The summed E-state index contributed by atoms with van der Waals surface area (Å²) in [6.07, 6.45) is 0. The molecule has 4 heteroatoms. The molecule has 0 amide bonds. The van der Waals surface area contributed by atoms with E-state index in [1.165, 1.54) is 0 Å². The molecule has 0 spiro atoms. The minimum atomic E-state index is 0. The Morgan fingerprint density at radius 1 is 0.500 bits per heavy atom. The summed E-state index contributed by atoms with van der Waals surface area (Å²) >= 11 is 0. The zero-order chi connectivity index (χ0) is 0. The molecule has 0 aromatic heterocycles. The van der Waals surface area contributed by atoms with Crippen LogP contribution in [-0.4, -0.2) is 0 Å². The third kappa shape index (κ3) is 9.43. The molecule has 0 aliphatic heterocycles. The van der Waals surface area contributed by atoms with Crippen molar-refractivity contribution in [3.05, 3.63) is 0 Å². The van der Waals surface area contributed by atoms with E-state index in [-0.39, 0.29) is 124 Å². The summed E-state index contributed by atoms with van der Waals surface area (Å²) in [7, 11) is 0. The topological polar surface area (TPSA) is 0 Å². The third-order valence-corrected chi connectivity index (χ3v) is 0. The second-order valence-electron chi connectivity index (χ2n) is 0. The number of hydrogen-bond acceptors (Lipinski definition) is 0. The van der Waals surface area contributed by atoms with E-state index in [0.717, 1.165) is 0 Å². The fourth-order valence-corrected chi connectivity index (χ4v) is 0. The molecule has 0 aromatic carbocycles. The van der Waals surface area contributed by atoms with Gasteiger partial charge in [-0.3, -0.25) is 0 Å². The van der Waals surface area contributed by atoms with Gasteiger partial charge in [-0.05, 0) is 0 Å². The molecule has 0 saturated heterocycles. The van der Waals surface area contributed by atoms with E-state index in [1.54, 1.807) is 0 Å². The Kier molecular flexibility index (Phi) is 95.5. The van der Waals surface area contributed by atoms with E-state index in [4.69, 9.17) is 0 Å².